The Kier molecular flexibility index (Phi) is 4.37. The first kappa shape index (κ1) is 13.4. The number of hydrogen-bond donors (Lipinski definition) is 2. The quantitative estimate of drug-likeness (QED) is 0.771. The SMILES string of the molecule is CCCN(CC)c1cc(C)c(N)c(C(=O)O)c1. The third-order valence-corrected chi connectivity index (χ3v) is 2.84. The standard InChI is InChI=1S/C13H20N2O2/c1-4-6-15(5-2)10-7-9(3)12(14)11(8-10)13(16)17/h7-8H,4-6,14H2,1-3H3,(H,16,17). The Bertz CT molecular complexity index is 416. The number of rotatable bonds is 5. The van der Waals surface area contributed by atoms with Gasteiger partial charge in [0.15, 0.2) is 0 Å². The van der Waals surface area contributed by atoms with E-state index < -0.39 is 5.97 Å². The summed E-state index contributed by atoms with van der Waals surface area (Å²) < 4.78 is 0. The Labute approximate surface area is 102 Å². The molecular weight excluding hydrogens is 216 g/mol. The van der Waals surface area contributed by atoms with Crippen molar-refractivity contribution in [2.24, 2.45) is 0 Å². The van der Waals surface area contributed by atoms with Crippen molar-refractivity contribution in [3.63, 3.8) is 0 Å². The second kappa shape index (κ2) is 5.57. The Morgan fingerprint density at radius 3 is 2.53 bits per heavy atom. The zero-order valence-corrected chi connectivity index (χ0v) is 10.7. The first-order chi connectivity index (χ1) is 8.01. The van der Waals surface area contributed by atoms with Gasteiger partial charge in [-0.15, -0.1) is 0 Å². The lowest BCUT2D eigenvalue weighted by atomic mass is 10.1. The summed E-state index contributed by atoms with van der Waals surface area (Å²) in [6, 6.07) is 3.60. The van der Waals surface area contributed by atoms with Crippen LogP contribution in [-0.4, -0.2) is 24.2 Å². The van der Waals surface area contributed by atoms with Gasteiger partial charge in [0.25, 0.3) is 0 Å². The van der Waals surface area contributed by atoms with E-state index in [0.717, 1.165) is 30.8 Å². The molecule has 0 amide bonds. The third-order valence-electron chi connectivity index (χ3n) is 2.84. The molecule has 0 fully saturated rings. The summed E-state index contributed by atoms with van der Waals surface area (Å²) in [7, 11) is 0. The highest BCUT2D eigenvalue weighted by Gasteiger charge is 2.14. The molecule has 0 atom stereocenters. The molecule has 4 nitrogen and oxygen atoms in total. The minimum atomic E-state index is -0.972. The van der Waals surface area contributed by atoms with Crippen LogP contribution in [0, 0.1) is 6.92 Å². The predicted octanol–water partition coefficient (Wildman–Crippen LogP) is 2.51. The molecule has 0 aliphatic carbocycles. The maximum Gasteiger partial charge on any atom is 0.337 e. The number of aryl methyl sites for hydroxylation is 1. The van der Waals surface area contributed by atoms with E-state index in [-0.39, 0.29) is 5.56 Å². The van der Waals surface area contributed by atoms with Gasteiger partial charge in [-0.2, -0.15) is 0 Å². The Morgan fingerprint density at radius 2 is 2.06 bits per heavy atom. The molecule has 1 rings (SSSR count). The van der Waals surface area contributed by atoms with Gasteiger partial charge in [-0.1, -0.05) is 6.92 Å². The largest absolute Gasteiger partial charge is 0.478 e. The van der Waals surface area contributed by atoms with Gasteiger partial charge in [-0.25, -0.2) is 4.79 Å². The van der Waals surface area contributed by atoms with E-state index in [1.807, 2.05) is 13.0 Å². The molecule has 0 saturated carbocycles. The van der Waals surface area contributed by atoms with Crippen LogP contribution in [0.25, 0.3) is 0 Å². The number of nitrogens with two attached hydrogens (primary N) is 1. The van der Waals surface area contributed by atoms with Crippen LogP contribution in [0.3, 0.4) is 0 Å². The van der Waals surface area contributed by atoms with Crippen LogP contribution in [0.2, 0.25) is 0 Å². The second-order valence-corrected chi connectivity index (χ2v) is 4.11. The molecule has 0 aromatic heterocycles. The fraction of sp³-hybridized carbons (Fsp3) is 0.462. The number of hydrogen-bond acceptors (Lipinski definition) is 3. The number of nitrogens with zero attached hydrogens (tertiary/aromatic N) is 1. The van der Waals surface area contributed by atoms with Crippen molar-refractivity contribution in [3.05, 3.63) is 23.3 Å². The minimum absolute atomic E-state index is 0.189. The van der Waals surface area contributed by atoms with Crippen LogP contribution >= 0.6 is 0 Å². The molecule has 1 aromatic carbocycles. The Morgan fingerprint density at radius 1 is 1.41 bits per heavy atom. The van der Waals surface area contributed by atoms with Crippen LogP contribution in [0.5, 0.6) is 0 Å². The van der Waals surface area contributed by atoms with Crippen molar-refractivity contribution in [1.29, 1.82) is 0 Å². The highest BCUT2D eigenvalue weighted by atomic mass is 16.4. The summed E-state index contributed by atoms with van der Waals surface area (Å²) in [6.07, 6.45) is 1.03. The first-order valence-corrected chi connectivity index (χ1v) is 5.89. The average molecular weight is 236 g/mol. The van der Waals surface area contributed by atoms with E-state index in [1.54, 1.807) is 6.07 Å². The monoisotopic (exact) mass is 236 g/mol. The molecular formula is C13H20N2O2. The molecule has 4 heteroatoms. The highest BCUT2D eigenvalue weighted by Crippen LogP contribution is 2.25. The number of carboxylic acids is 1. The Hall–Kier alpha value is -1.71. The number of carboxylic acid groups (broad SMARTS) is 1. The lowest BCUT2D eigenvalue weighted by molar-refractivity contribution is 0.0698. The average Bonchev–Trinajstić information content (AvgIpc) is 2.29. The van der Waals surface area contributed by atoms with Gasteiger partial charge in [0.1, 0.15) is 0 Å². The van der Waals surface area contributed by atoms with Gasteiger partial charge in [-0.05, 0) is 38.0 Å². The lowest BCUT2D eigenvalue weighted by Crippen LogP contribution is -2.24. The topological polar surface area (TPSA) is 66.6 Å². The molecule has 94 valence electrons. The second-order valence-electron chi connectivity index (χ2n) is 4.11. The number of aromatic carboxylic acids is 1. The van der Waals surface area contributed by atoms with E-state index in [4.69, 9.17) is 10.8 Å². The van der Waals surface area contributed by atoms with E-state index in [2.05, 4.69) is 18.7 Å². The number of benzene rings is 1. The summed E-state index contributed by atoms with van der Waals surface area (Å²) in [5.41, 5.74) is 8.06. The fourth-order valence-electron chi connectivity index (χ4n) is 1.88. The van der Waals surface area contributed by atoms with Gasteiger partial charge < -0.3 is 15.7 Å². The lowest BCUT2D eigenvalue weighted by Gasteiger charge is -2.24. The minimum Gasteiger partial charge on any atom is -0.478 e. The summed E-state index contributed by atoms with van der Waals surface area (Å²) in [5, 5.41) is 9.10. The molecule has 17 heavy (non-hydrogen) atoms. The van der Waals surface area contributed by atoms with Crippen molar-refractivity contribution >= 4 is 17.3 Å². The predicted molar refractivity (Wildman–Crippen MR) is 70.7 cm³/mol. The van der Waals surface area contributed by atoms with Crippen LogP contribution in [0.4, 0.5) is 11.4 Å². The van der Waals surface area contributed by atoms with Gasteiger partial charge in [-0.3, -0.25) is 0 Å². The van der Waals surface area contributed by atoms with Crippen molar-refractivity contribution < 1.29 is 9.90 Å². The highest BCUT2D eigenvalue weighted by molar-refractivity contribution is 5.95. The van der Waals surface area contributed by atoms with Crippen molar-refractivity contribution in [2.75, 3.05) is 23.7 Å². The first-order valence-electron chi connectivity index (χ1n) is 5.89. The normalized spacial score (nSPS) is 10.3. The fourth-order valence-corrected chi connectivity index (χ4v) is 1.88. The van der Waals surface area contributed by atoms with Crippen molar-refractivity contribution in [2.45, 2.75) is 27.2 Å². The molecule has 1 aromatic rings. The van der Waals surface area contributed by atoms with Crippen LogP contribution in [0.1, 0.15) is 36.2 Å². The van der Waals surface area contributed by atoms with Gasteiger partial charge in [0.05, 0.1) is 5.56 Å². The molecule has 0 saturated heterocycles. The molecule has 0 bridgehead atoms. The number of carbonyl (C=O) groups is 1. The smallest absolute Gasteiger partial charge is 0.337 e. The maximum absolute atomic E-state index is 11.1. The van der Waals surface area contributed by atoms with Crippen molar-refractivity contribution in [3.8, 4) is 0 Å². The van der Waals surface area contributed by atoms with Gasteiger partial charge >= 0.3 is 5.97 Å². The van der Waals surface area contributed by atoms with E-state index in [0.29, 0.717) is 5.69 Å². The number of anilines is 2. The molecule has 0 aliphatic heterocycles. The molecule has 3 N–H and O–H groups in total. The van der Waals surface area contributed by atoms with E-state index >= 15 is 0 Å². The summed E-state index contributed by atoms with van der Waals surface area (Å²) in [6.45, 7) is 7.77. The van der Waals surface area contributed by atoms with Gasteiger partial charge in [0, 0.05) is 24.5 Å². The molecule has 0 aliphatic rings. The van der Waals surface area contributed by atoms with Crippen molar-refractivity contribution in [1.82, 2.24) is 0 Å². The molecule has 0 unspecified atom stereocenters. The molecule has 0 radical (unpaired) electrons. The summed E-state index contributed by atoms with van der Waals surface area (Å²) >= 11 is 0. The molecule has 0 spiro atoms. The Balaban J connectivity index is 3.21. The van der Waals surface area contributed by atoms with E-state index in [9.17, 15) is 4.79 Å². The van der Waals surface area contributed by atoms with Gasteiger partial charge in [0.2, 0.25) is 0 Å². The maximum atomic E-state index is 11.1. The number of nitrogen functional groups attached to an aromatic ring is 1. The van der Waals surface area contributed by atoms with Crippen LogP contribution in [0.15, 0.2) is 12.1 Å². The third kappa shape index (κ3) is 2.90. The molecule has 0 heterocycles. The zero-order valence-electron chi connectivity index (χ0n) is 10.7. The summed E-state index contributed by atoms with van der Waals surface area (Å²) in [4.78, 5) is 13.2. The zero-order chi connectivity index (χ0) is 13.0. The summed E-state index contributed by atoms with van der Waals surface area (Å²) in [5.74, 6) is -0.972. The van der Waals surface area contributed by atoms with Crippen LogP contribution < -0.4 is 10.6 Å². The van der Waals surface area contributed by atoms with E-state index in [1.165, 1.54) is 0 Å². The van der Waals surface area contributed by atoms with Crippen LogP contribution in [-0.2, 0) is 0 Å².